The first kappa shape index (κ1) is 19.3. The van der Waals surface area contributed by atoms with Crippen LogP contribution >= 0.6 is 27.7 Å². The SMILES string of the molecule is COc1cc(C=C2SC(=O)N(CCOc3ccccc3)C2=O)c(Br)cc1O. The number of benzene rings is 2. The van der Waals surface area contributed by atoms with Gasteiger partial charge < -0.3 is 14.6 Å². The standard InChI is InChI=1S/C19H16BrNO5S/c1-25-16-9-12(14(20)11-15(16)22)10-17-18(23)21(19(24)27-17)7-8-26-13-5-3-2-4-6-13/h2-6,9-11,22H,7-8H2,1H3. The lowest BCUT2D eigenvalue weighted by Crippen LogP contribution is -2.32. The van der Waals surface area contributed by atoms with Gasteiger partial charge in [-0.25, -0.2) is 0 Å². The summed E-state index contributed by atoms with van der Waals surface area (Å²) in [6.45, 7) is 0.378. The summed E-state index contributed by atoms with van der Waals surface area (Å²) in [5, 5.41) is 9.44. The monoisotopic (exact) mass is 449 g/mol. The Morgan fingerprint density at radius 3 is 2.67 bits per heavy atom. The molecule has 0 saturated carbocycles. The number of halogens is 1. The maximum absolute atomic E-state index is 12.6. The highest BCUT2D eigenvalue weighted by Crippen LogP contribution is 2.37. The van der Waals surface area contributed by atoms with Crippen molar-refractivity contribution in [2.24, 2.45) is 0 Å². The van der Waals surface area contributed by atoms with Crippen LogP contribution in [0.15, 0.2) is 51.8 Å². The number of rotatable bonds is 6. The van der Waals surface area contributed by atoms with Crippen molar-refractivity contribution >= 4 is 44.9 Å². The number of nitrogens with zero attached hydrogens (tertiary/aromatic N) is 1. The van der Waals surface area contributed by atoms with E-state index in [1.807, 2.05) is 30.3 Å². The number of ether oxygens (including phenoxy) is 2. The minimum Gasteiger partial charge on any atom is -0.504 e. The van der Waals surface area contributed by atoms with E-state index in [1.54, 1.807) is 12.1 Å². The molecule has 1 aliphatic heterocycles. The highest BCUT2D eigenvalue weighted by atomic mass is 79.9. The van der Waals surface area contributed by atoms with Crippen LogP contribution in [-0.2, 0) is 4.79 Å². The van der Waals surface area contributed by atoms with Gasteiger partial charge in [-0.3, -0.25) is 14.5 Å². The van der Waals surface area contributed by atoms with Crippen LogP contribution in [-0.4, -0.2) is 41.4 Å². The zero-order valence-electron chi connectivity index (χ0n) is 14.3. The van der Waals surface area contributed by atoms with Crippen LogP contribution in [0.5, 0.6) is 17.2 Å². The first-order chi connectivity index (χ1) is 13.0. The van der Waals surface area contributed by atoms with Crippen molar-refractivity contribution in [3.8, 4) is 17.2 Å². The number of hydrogen-bond donors (Lipinski definition) is 1. The molecule has 0 radical (unpaired) electrons. The minimum absolute atomic E-state index is 0.0207. The number of aromatic hydroxyl groups is 1. The van der Waals surface area contributed by atoms with Crippen molar-refractivity contribution in [2.75, 3.05) is 20.3 Å². The lowest BCUT2D eigenvalue weighted by Gasteiger charge is -2.13. The Morgan fingerprint density at radius 1 is 1.22 bits per heavy atom. The maximum atomic E-state index is 12.6. The fraction of sp³-hybridized carbons (Fsp3) is 0.158. The number of thioether (sulfide) groups is 1. The van der Waals surface area contributed by atoms with E-state index < -0.39 is 0 Å². The fourth-order valence-electron chi connectivity index (χ4n) is 2.44. The molecule has 0 spiro atoms. The average Bonchev–Trinajstić information content (AvgIpc) is 2.92. The van der Waals surface area contributed by atoms with Gasteiger partial charge >= 0.3 is 0 Å². The molecule has 6 nitrogen and oxygen atoms in total. The summed E-state index contributed by atoms with van der Waals surface area (Å²) in [7, 11) is 1.44. The third-order valence-electron chi connectivity index (χ3n) is 3.79. The topological polar surface area (TPSA) is 76.1 Å². The third-order valence-corrected chi connectivity index (χ3v) is 5.38. The molecule has 0 aromatic heterocycles. The number of carbonyl (C=O) groups is 2. The quantitative estimate of drug-likeness (QED) is 0.663. The van der Waals surface area contributed by atoms with Gasteiger partial charge in [0.15, 0.2) is 11.5 Å². The zero-order valence-corrected chi connectivity index (χ0v) is 16.7. The molecule has 1 N–H and O–H groups in total. The van der Waals surface area contributed by atoms with Gasteiger partial charge in [0.2, 0.25) is 0 Å². The number of para-hydroxylation sites is 1. The van der Waals surface area contributed by atoms with Gasteiger partial charge in [0.05, 0.1) is 18.6 Å². The maximum Gasteiger partial charge on any atom is 0.293 e. The van der Waals surface area contributed by atoms with Gasteiger partial charge in [-0.15, -0.1) is 0 Å². The summed E-state index contributed by atoms with van der Waals surface area (Å²) in [5.41, 5.74) is 0.621. The third kappa shape index (κ3) is 4.45. The molecule has 2 aromatic carbocycles. The summed E-state index contributed by atoms with van der Waals surface area (Å²) < 4.78 is 11.2. The molecule has 1 aliphatic rings. The second-order valence-electron chi connectivity index (χ2n) is 5.54. The van der Waals surface area contributed by atoms with E-state index in [1.165, 1.54) is 13.2 Å². The predicted molar refractivity (Wildman–Crippen MR) is 107 cm³/mol. The molecule has 2 amide bonds. The second kappa shape index (κ2) is 8.49. The fourth-order valence-corrected chi connectivity index (χ4v) is 3.74. The lowest BCUT2D eigenvalue weighted by molar-refractivity contribution is -0.123. The molecule has 140 valence electrons. The van der Waals surface area contributed by atoms with Gasteiger partial charge in [0.25, 0.3) is 11.1 Å². The largest absolute Gasteiger partial charge is 0.504 e. The van der Waals surface area contributed by atoms with E-state index in [0.717, 1.165) is 16.7 Å². The zero-order chi connectivity index (χ0) is 19.4. The summed E-state index contributed by atoms with van der Waals surface area (Å²) in [5.74, 6) is 0.563. The van der Waals surface area contributed by atoms with E-state index in [0.29, 0.717) is 20.7 Å². The summed E-state index contributed by atoms with van der Waals surface area (Å²) >= 11 is 4.20. The van der Waals surface area contributed by atoms with Crippen molar-refractivity contribution in [3.05, 3.63) is 57.4 Å². The molecular formula is C19H16BrNO5S. The Bertz CT molecular complexity index is 900. The second-order valence-corrected chi connectivity index (χ2v) is 7.39. The van der Waals surface area contributed by atoms with Crippen LogP contribution in [0.25, 0.3) is 6.08 Å². The lowest BCUT2D eigenvalue weighted by atomic mass is 10.2. The minimum atomic E-state index is -0.374. The van der Waals surface area contributed by atoms with E-state index in [9.17, 15) is 14.7 Å². The summed E-state index contributed by atoms with van der Waals surface area (Å²) in [4.78, 5) is 26.2. The molecule has 2 aromatic rings. The molecule has 0 aliphatic carbocycles. The normalized spacial score (nSPS) is 15.5. The van der Waals surface area contributed by atoms with Crippen LogP contribution in [0.1, 0.15) is 5.56 Å². The van der Waals surface area contributed by atoms with Crippen LogP contribution < -0.4 is 9.47 Å². The Morgan fingerprint density at radius 2 is 1.96 bits per heavy atom. The van der Waals surface area contributed by atoms with Crippen LogP contribution in [0.2, 0.25) is 0 Å². The van der Waals surface area contributed by atoms with Crippen molar-refractivity contribution in [3.63, 3.8) is 0 Å². The molecule has 1 saturated heterocycles. The predicted octanol–water partition coefficient (Wildman–Crippen LogP) is 4.28. The van der Waals surface area contributed by atoms with Crippen molar-refractivity contribution in [1.82, 2.24) is 4.90 Å². The van der Waals surface area contributed by atoms with E-state index in [2.05, 4.69) is 15.9 Å². The first-order valence-corrected chi connectivity index (χ1v) is 9.60. The number of amides is 2. The molecule has 0 unspecified atom stereocenters. The molecule has 0 atom stereocenters. The van der Waals surface area contributed by atoms with E-state index >= 15 is 0 Å². The molecule has 1 heterocycles. The Labute approximate surface area is 168 Å². The van der Waals surface area contributed by atoms with Crippen molar-refractivity contribution < 1.29 is 24.2 Å². The number of imide groups is 1. The van der Waals surface area contributed by atoms with Crippen LogP contribution in [0.4, 0.5) is 4.79 Å². The van der Waals surface area contributed by atoms with Crippen molar-refractivity contribution in [2.45, 2.75) is 0 Å². The molecule has 27 heavy (non-hydrogen) atoms. The number of phenolic OH excluding ortho intramolecular Hbond substituents is 1. The highest BCUT2D eigenvalue weighted by Gasteiger charge is 2.35. The van der Waals surface area contributed by atoms with Crippen molar-refractivity contribution in [1.29, 1.82) is 0 Å². The van der Waals surface area contributed by atoms with Gasteiger partial charge in [0.1, 0.15) is 12.4 Å². The average molecular weight is 450 g/mol. The number of phenols is 1. The molecular weight excluding hydrogens is 434 g/mol. The van der Waals surface area contributed by atoms with Crippen LogP contribution in [0, 0.1) is 0 Å². The molecule has 1 fully saturated rings. The van der Waals surface area contributed by atoms with Gasteiger partial charge in [-0.2, -0.15) is 0 Å². The molecule has 0 bridgehead atoms. The number of carbonyl (C=O) groups excluding carboxylic acids is 2. The molecule has 3 rings (SSSR count). The number of methoxy groups -OCH3 is 1. The summed E-state index contributed by atoms with van der Waals surface area (Å²) in [6, 6.07) is 12.3. The van der Waals surface area contributed by atoms with Gasteiger partial charge in [0, 0.05) is 4.47 Å². The molecule has 8 heteroatoms. The summed E-state index contributed by atoms with van der Waals surface area (Å²) in [6.07, 6.45) is 1.59. The Kier molecular flexibility index (Phi) is 6.08. The van der Waals surface area contributed by atoms with Gasteiger partial charge in [-0.05, 0) is 47.7 Å². The highest BCUT2D eigenvalue weighted by molar-refractivity contribution is 9.10. The van der Waals surface area contributed by atoms with E-state index in [-0.39, 0.29) is 35.8 Å². The Balaban J connectivity index is 1.71. The van der Waals surface area contributed by atoms with Gasteiger partial charge in [-0.1, -0.05) is 34.1 Å². The smallest absolute Gasteiger partial charge is 0.293 e. The number of hydrogen-bond acceptors (Lipinski definition) is 6. The first-order valence-electron chi connectivity index (χ1n) is 7.99. The van der Waals surface area contributed by atoms with E-state index in [4.69, 9.17) is 9.47 Å². The van der Waals surface area contributed by atoms with Crippen LogP contribution in [0.3, 0.4) is 0 Å². The Hall–Kier alpha value is -2.45.